The van der Waals surface area contributed by atoms with Crippen LogP contribution in [-0.2, 0) is 6.42 Å². The molecule has 1 aliphatic rings. The number of anilines is 1. The van der Waals surface area contributed by atoms with E-state index in [4.69, 9.17) is 0 Å². The first-order valence-corrected chi connectivity index (χ1v) is 7.33. The van der Waals surface area contributed by atoms with Crippen molar-refractivity contribution in [2.24, 2.45) is 0 Å². The number of nitrogens with one attached hydrogen (secondary N) is 1. The van der Waals surface area contributed by atoms with Crippen LogP contribution in [0.3, 0.4) is 0 Å². The van der Waals surface area contributed by atoms with Gasteiger partial charge in [-0.2, -0.15) is 0 Å². The van der Waals surface area contributed by atoms with E-state index >= 15 is 0 Å². The molecule has 1 aromatic rings. The molecule has 0 aliphatic carbocycles. The Bertz CT molecular complexity index is 360. The Morgan fingerprint density at radius 1 is 1.22 bits per heavy atom. The fourth-order valence-electron chi connectivity index (χ4n) is 2.66. The Kier molecular flexibility index (Phi) is 5.06. The number of nitrogens with zero attached hydrogens (tertiary/aromatic N) is 1. The van der Waals surface area contributed by atoms with Crippen LogP contribution in [0.2, 0.25) is 0 Å². The van der Waals surface area contributed by atoms with Gasteiger partial charge in [0.2, 0.25) is 0 Å². The first-order valence-electron chi connectivity index (χ1n) is 7.33. The quantitative estimate of drug-likeness (QED) is 0.803. The van der Waals surface area contributed by atoms with Gasteiger partial charge in [0.25, 0.3) is 0 Å². The lowest BCUT2D eigenvalue weighted by Gasteiger charge is -2.25. The summed E-state index contributed by atoms with van der Waals surface area (Å²) in [7, 11) is 0. The molecule has 0 amide bonds. The lowest BCUT2D eigenvalue weighted by Crippen LogP contribution is -2.30. The van der Waals surface area contributed by atoms with Gasteiger partial charge in [-0.3, -0.25) is 0 Å². The van der Waals surface area contributed by atoms with E-state index in [2.05, 4.69) is 48.3 Å². The Morgan fingerprint density at radius 2 is 2.06 bits per heavy atom. The number of fused-ring (bicyclic) bond motifs is 1. The first-order chi connectivity index (χ1) is 8.77. The largest absolute Gasteiger partial charge is 0.371 e. The zero-order valence-electron chi connectivity index (χ0n) is 11.8. The number of hydrogen-bond donors (Lipinski definition) is 1. The molecular weight excluding hydrogens is 220 g/mol. The Morgan fingerprint density at radius 3 is 2.89 bits per heavy atom. The van der Waals surface area contributed by atoms with Gasteiger partial charge in [0, 0.05) is 24.8 Å². The lowest BCUT2D eigenvalue weighted by molar-refractivity contribution is 0.563. The van der Waals surface area contributed by atoms with Crippen LogP contribution in [0, 0.1) is 0 Å². The van der Waals surface area contributed by atoms with Crippen molar-refractivity contribution < 1.29 is 0 Å². The van der Waals surface area contributed by atoms with Crippen LogP contribution in [0.1, 0.15) is 38.7 Å². The van der Waals surface area contributed by atoms with Crippen LogP contribution in [0.4, 0.5) is 5.69 Å². The van der Waals surface area contributed by atoms with Crippen molar-refractivity contribution in [1.29, 1.82) is 0 Å². The number of aryl methyl sites for hydroxylation is 1. The second kappa shape index (κ2) is 6.79. The van der Waals surface area contributed by atoms with E-state index in [-0.39, 0.29) is 0 Å². The number of para-hydroxylation sites is 1. The maximum absolute atomic E-state index is 3.50. The van der Waals surface area contributed by atoms with Gasteiger partial charge in [0.1, 0.15) is 0 Å². The van der Waals surface area contributed by atoms with E-state index in [1.807, 2.05) is 0 Å². The third kappa shape index (κ3) is 3.74. The van der Waals surface area contributed by atoms with Gasteiger partial charge in [-0.1, -0.05) is 32.0 Å². The highest BCUT2D eigenvalue weighted by atomic mass is 15.1. The minimum absolute atomic E-state index is 0.599. The third-order valence-electron chi connectivity index (χ3n) is 3.61. The maximum atomic E-state index is 3.50. The summed E-state index contributed by atoms with van der Waals surface area (Å²) in [6.45, 7) is 7.94. The van der Waals surface area contributed by atoms with Gasteiger partial charge in [-0.25, -0.2) is 0 Å². The lowest BCUT2D eigenvalue weighted by atomic mass is 10.1. The number of rotatable bonds is 5. The summed E-state index contributed by atoms with van der Waals surface area (Å²) in [6.07, 6.45) is 5.13. The molecule has 0 bridgehead atoms. The molecule has 0 atom stereocenters. The minimum Gasteiger partial charge on any atom is -0.371 e. The van der Waals surface area contributed by atoms with Gasteiger partial charge in [-0.05, 0) is 43.9 Å². The molecule has 18 heavy (non-hydrogen) atoms. The van der Waals surface area contributed by atoms with Crippen LogP contribution < -0.4 is 10.2 Å². The zero-order chi connectivity index (χ0) is 12.8. The van der Waals surface area contributed by atoms with Crippen molar-refractivity contribution in [2.75, 3.05) is 24.5 Å². The van der Waals surface area contributed by atoms with Gasteiger partial charge in [0.15, 0.2) is 0 Å². The smallest absolute Gasteiger partial charge is 0.0398 e. The summed E-state index contributed by atoms with van der Waals surface area (Å²) < 4.78 is 0. The highest BCUT2D eigenvalue weighted by Gasteiger charge is 2.13. The summed E-state index contributed by atoms with van der Waals surface area (Å²) in [5, 5.41) is 3.50. The molecule has 0 spiro atoms. The molecule has 0 saturated heterocycles. The highest BCUT2D eigenvalue weighted by molar-refractivity contribution is 5.54. The van der Waals surface area contributed by atoms with E-state index in [9.17, 15) is 0 Å². The average Bonchev–Trinajstić information content (AvgIpc) is 2.57. The maximum Gasteiger partial charge on any atom is 0.0398 e. The van der Waals surface area contributed by atoms with Crippen LogP contribution in [0.25, 0.3) is 0 Å². The summed E-state index contributed by atoms with van der Waals surface area (Å²) in [4.78, 5) is 2.57. The van der Waals surface area contributed by atoms with Crippen LogP contribution in [0.5, 0.6) is 0 Å². The van der Waals surface area contributed by atoms with Crippen LogP contribution in [0.15, 0.2) is 24.3 Å². The Hall–Kier alpha value is -1.02. The monoisotopic (exact) mass is 246 g/mol. The normalized spacial score (nSPS) is 15.6. The molecule has 1 heterocycles. The van der Waals surface area contributed by atoms with E-state index < -0.39 is 0 Å². The minimum atomic E-state index is 0.599. The predicted molar refractivity (Wildman–Crippen MR) is 79.3 cm³/mol. The standard InChI is InChI=1S/C16H26N2/c1-14(2)17-11-7-13-18-12-6-5-9-15-8-3-4-10-16(15)18/h3-4,8,10,14,17H,5-7,9,11-13H2,1-2H3. The average molecular weight is 246 g/mol. The van der Waals surface area contributed by atoms with Crippen molar-refractivity contribution in [1.82, 2.24) is 5.32 Å². The SMILES string of the molecule is CC(C)NCCCN1CCCCc2ccccc21. The van der Waals surface area contributed by atoms with Crippen LogP contribution in [-0.4, -0.2) is 25.7 Å². The molecule has 1 N–H and O–H groups in total. The summed E-state index contributed by atoms with van der Waals surface area (Å²) >= 11 is 0. The van der Waals surface area contributed by atoms with E-state index in [0.29, 0.717) is 6.04 Å². The summed E-state index contributed by atoms with van der Waals surface area (Å²) in [6, 6.07) is 9.52. The van der Waals surface area contributed by atoms with Crippen molar-refractivity contribution in [3.63, 3.8) is 0 Å². The molecule has 100 valence electrons. The molecule has 0 aromatic heterocycles. The van der Waals surface area contributed by atoms with E-state index in [1.54, 1.807) is 0 Å². The zero-order valence-corrected chi connectivity index (χ0v) is 11.8. The summed E-state index contributed by atoms with van der Waals surface area (Å²) in [5.74, 6) is 0. The van der Waals surface area contributed by atoms with Crippen molar-refractivity contribution >= 4 is 5.69 Å². The first kappa shape index (κ1) is 13.4. The number of benzene rings is 1. The summed E-state index contributed by atoms with van der Waals surface area (Å²) in [5.41, 5.74) is 3.01. The van der Waals surface area contributed by atoms with Gasteiger partial charge >= 0.3 is 0 Å². The fraction of sp³-hybridized carbons (Fsp3) is 0.625. The second-order valence-electron chi connectivity index (χ2n) is 5.54. The van der Waals surface area contributed by atoms with Crippen LogP contribution >= 0.6 is 0 Å². The Balaban J connectivity index is 1.91. The molecular formula is C16H26N2. The topological polar surface area (TPSA) is 15.3 Å². The van der Waals surface area contributed by atoms with Crippen molar-refractivity contribution in [3.05, 3.63) is 29.8 Å². The predicted octanol–water partition coefficient (Wildman–Crippen LogP) is 3.22. The van der Waals surface area contributed by atoms with Crippen molar-refractivity contribution in [3.8, 4) is 0 Å². The van der Waals surface area contributed by atoms with Crippen molar-refractivity contribution in [2.45, 2.75) is 45.6 Å². The van der Waals surface area contributed by atoms with E-state index in [1.165, 1.54) is 50.0 Å². The molecule has 0 unspecified atom stereocenters. The molecule has 2 heteroatoms. The highest BCUT2D eigenvalue weighted by Crippen LogP contribution is 2.25. The molecule has 1 aliphatic heterocycles. The molecule has 0 saturated carbocycles. The molecule has 0 fully saturated rings. The van der Waals surface area contributed by atoms with E-state index in [0.717, 1.165) is 6.54 Å². The molecule has 1 aromatic carbocycles. The van der Waals surface area contributed by atoms with Gasteiger partial charge < -0.3 is 10.2 Å². The fourth-order valence-corrected chi connectivity index (χ4v) is 2.66. The molecule has 2 rings (SSSR count). The molecule has 0 radical (unpaired) electrons. The number of hydrogen-bond acceptors (Lipinski definition) is 2. The molecule has 2 nitrogen and oxygen atoms in total. The van der Waals surface area contributed by atoms with Gasteiger partial charge in [0.05, 0.1) is 0 Å². The second-order valence-corrected chi connectivity index (χ2v) is 5.54. The van der Waals surface area contributed by atoms with Gasteiger partial charge in [-0.15, -0.1) is 0 Å². The third-order valence-corrected chi connectivity index (χ3v) is 3.61. The Labute approximate surface area is 111 Å².